The van der Waals surface area contributed by atoms with Crippen molar-refractivity contribution >= 4 is 28.4 Å². The molecule has 1 heterocycles. The minimum Gasteiger partial charge on any atom is -0.398 e. The first-order chi connectivity index (χ1) is 12.8. The maximum Gasteiger partial charge on any atom is 0.416 e. The van der Waals surface area contributed by atoms with Crippen LogP contribution in [0.25, 0.3) is 22.3 Å². The van der Waals surface area contributed by atoms with Crippen LogP contribution in [0.5, 0.6) is 0 Å². The van der Waals surface area contributed by atoms with E-state index < -0.39 is 11.7 Å². The van der Waals surface area contributed by atoms with E-state index in [1.54, 1.807) is 11.8 Å². The van der Waals surface area contributed by atoms with Crippen molar-refractivity contribution in [2.45, 2.75) is 37.8 Å². The number of hydrogen-bond donors (Lipinski definition) is 1. The van der Waals surface area contributed by atoms with Crippen LogP contribution in [0.3, 0.4) is 0 Å². The van der Waals surface area contributed by atoms with Gasteiger partial charge < -0.3 is 5.73 Å². The average molecular weight is 391 g/mol. The maximum atomic E-state index is 13.2. The summed E-state index contributed by atoms with van der Waals surface area (Å²) >= 11 is 1.65. The number of nitrogens with two attached hydrogens (primary N) is 1. The van der Waals surface area contributed by atoms with Gasteiger partial charge in [0.25, 0.3) is 0 Å². The van der Waals surface area contributed by atoms with Crippen molar-refractivity contribution in [3.05, 3.63) is 47.7 Å². The second-order valence-corrected chi connectivity index (χ2v) is 7.44. The molecule has 1 aromatic heterocycles. The molecule has 142 valence electrons. The van der Waals surface area contributed by atoms with Crippen LogP contribution in [0.2, 0.25) is 0 Å². The van der Waals surface area contributed by atoms with E-state index in [2.05, 4.69) is 9.97 Å². The Balaban J connectivity index is 2.29. The molecule has 0 amide bonds. The van der Waals surface area contributed by atoms with Crippen molar-refractivity contribution in [1.29, 1.82) is 0 Å². The Kier molecular flexibility index (Phi) is 5.60. The number of rotatable bonds is 5. The first-order valence-electron chi connectivity index (χ1n) is 8.74. The largest absolute Gasteiger partial charge is 0.416 e. The number of halogens is 3. The predicted molar refractivity (Wildman–Crippen MR) is 105 cm³/mol. The Labute approximate surface area is 160 Å². The van der Waals surface area contributed by atoms with Crippen LogP contribution in [0.4, 0.5) is 18.9 Å². The van der Waals surface area contributed by atoms with Crippen LogP contribution in [-0.4, -0.2) is 15.7 Å². The number of benzene rings is 2. The molecule has 0 aliphatic heterocycles. The highest BCUT2D eigenvalue weighted by Gasteiger charge is 2.32. The van der Waals surface area contributed by atoms with Gasteiger partial charge in [0.1, 0.15) is 0 Å². The summed E-state index contributed by atoms with van der Waals surface area (Å²) in [6, 6.07) is 9.69. The SMILES string of the molecule is CCCc1nc(-c2ccccc2SCC)nc2cc(C(F)(F)F)cc(N)c12. The minimum atomic E-state index is -4.48. The lowest BCUT2D eigenvalue weighted by atomic mass is 10.0. The van der Waals surface area contributed by atoms with Crippen LogP contribution in [0.15, 0.2) is 41.3 Å². The zero-order valence-corrected chi connectivity index (χ0v) is 15.9. The van der Waals surface area contributed by atoms with E-state index in [4.69, 9.17) is 5.73 Å². The molecule has 3 rings (SSSR count). The van der Waals surface area contributed by atoms with Crippen molar-refractivity contribution in [2.24, 2.45) is 0 Å². The third kappa shape index (κ3) is 4.03. The quantitative estimate of drug-likeness (QED) is 0.430. The van der Waals surface area contributed by atoms with Gasteiger partial charge in [-0.3, -0.25) is 0 Å². The smallest absolute Gasteiger partial charge is 0.398 e. The standard InChI is InChI=1S/C20H20F3N3S/c1-3-7-15-18-14(24)10-12(20(21,22)23)11-16(18)26-19(25-15)13-8-5-6-9-17(13)27-4-2/h5-6,8-11H,3-4,7,24H2,1-2H3. The normalized spacial score (nSPS) is 11.9. The molecule has 0 saturated carbocycles. The topological polar surface area (TPSA) is 51.8 Å². The molecule has 0 atom stereocenters. The molecular formula is C20H20F3N3S. The van der Waals surface area contributed by atoms with Gasteiger partial charge in [0.2, 0.25) is 0 Å². The molecular weight excluding hydrogens is 371 g/mol. The molecule has 0 fully saturated rings. The first-order valence-corrected chi connectivity index (χ1v) is 9.73. The zero-order chi connectivity index (χ0) is 19.6. The van der Waals surface area contributed by atoms with Gasteiger partial charge in [-0.25, -0.2) is 9.97 Å². The highest BCUT2D eigenvalue weighted by atomic mass is 32.2. The Morgan fingerprint density at radius 1 is 1.07 bits per heavy atom. The lowest BCUT2D eigenvalue weighted by molar-refractivity contribution is -0.137. The lowest BCUT2D eigenvalue weighted by Gasteiger charge is -2.14. The maximum absolute atomic E-state index is 13.2. The van der Waals surface area contributed by atoms with Crippen molar-refractivity contribution in [2.75, 3.05) is 11.5 Å². The van der Waals surface area contributed by atoms with E-state index in [1.165, 1.54) is 0 Å². The molecule has 2 aromatic carbocycles. The Morgan fingerprint density at radius 2 is 1.81 bits per heavy atom. The van der Waals surface area contributed by atoms with Crippen LogP contribution < -0.4 is 5.73 Å². The summed E-state index contributed by atoms with van der Waals surface area (Å²) < 4.78 is 39.7. The molecule has 0 aliphatic rings. The monoisotopic (exact) mass is 391 g/mol. The molecule has 0 unspecified atom stereocenters. The second-order valence-electron chi connectivity index (χ2n) is 6.13. The van der Waals surface area contributed by atoms with Crippen molar-refractivity contribution in [3.63, 3.8) is 0 Å². The number of thioether (sulfide) groups is 1. The zero-order valence-electron chi connectivity index (χ0n) is 15.1. The third-order valence-electron chi connectivity index (χ3n) is 4.15. The lowest BCUT2D eigenvalue weighted by Crippen LogP contribution is -2.08. The Hall–Kier alpha value is -2.28. The van der Waals surface area contributed by atoms with Gasteiger partial charge in [-0.15, -0.1) is 11.8 Å². The molecule has 0 radical (unpaired) electrons. The fraction of sp³-hybridized carbons (Fsp3) is 0.300. The van der Waals surface area contributed by atoms with Crippen LogP contribution in [-0.2, 0) is 12.6 Å². The number of anilines is 1. The van der Waals surface area contributed by atoms with Crippen LogP contribution >= 0.6 is 11.8 Å². The van der Waals surface area contributed by atoms with Gasteiger partial charge in [-0.2, -0.15) is 13.2 Å². The van der Waals surface area contributed by atoms with Gasteiger partial charge in [-0.05, 0) is 30.4 Å². The molecule has 3 aromatic rings. The molecule has 7 heteroatoms. The summed E-state index contributed by atoms with van der Waals surface area (Å²) in [5.74, 6) is 1.30. The Morgan fingerprint density at radius 3 is 2.48 bits per heavy atom. The van der Waals surface area contributed by atoms with Gasteiger partial charge in [0.05, 0.1) is 16.8 Å². The minimum absolute atomic E-state index is 0.0612. The number of hydrogen-bond acceptors (Lipinski definition) is 4. The summed E-state index contributed by atoms with van der Waals surface area (Å²) in [5.41, 5.74) is 6.96. The van der Waals surface area contributed by atoms with E-state index in [1.807, 2.05) is 38.1 Å². The van der Waals surface area contributed by atoms with Gasteiger partial charge in [0, 0.05) is 21.5 Å². The van der Waals surface area contributed by atoms with E-state index in [-0.39, 0.29) is 11.2 Å². The summed E-state index contributed by atoms with van der Waals surface area (Å²) in [7, 11) is 0. The number of fused-ring (bicyclic) bond motifs is 1. The number of aryl methyl sites for hydroxylation is 1. The van der Waals surface area contributed by atoms with Gasteiger partial charge in [-0.1, -0.05) is 38.5 Å². The summed E-state index contributed by atoms with van der Waals surface area (Å²) in [6.07, 6.45) is -3.06. The van der Waals surface area contributed by atoms with Gasteiger partial charge in [0.15, 0.2) is 5.82 Å². The average Bonchev–Trinajstić information content (AvgIpc) is 2.61. The number of aromatic nitrogens is 2. The Bertz CT molecular complexity index is 971. The molecule has 27 heavy (non-hydrogen) atoms. The predicted octanol–water partition coefficient (Wildman–Crippen LogP) is 5.96. The molecule has 0 spiro atoms. The van der Waals surface area contributed by atoms with Crippen LogP contribution in [0.1, 0.15) is 31.5 Å². The second kappa shape index (κ2) is 7.76. The van der Waals surface area contributed by atoms with Crippen molar-refractivity contribution < 1.29 is 13.2 Å². The third-order valence-corrected chi connectivity index (χ3v) is 5.10. The van der Waals surface area contributed by atoms with Crippen LogP contribution in [0, 0.1) is 0 Å². The first kappa shape index (κ1) is 19.5. The van der Waals surface area contributed by atoms with E-state index in [0.717, 1.165) is 34.8 Å². The van der Waals surface area contributed by atoms with E-state index in [9.17, 15) is 13.2 Å². The van der Waals surface area contributed by atoms with Gasteiger partial charge >= 0.3 is 6.18 Å². The molecule has 0 aliphatic carbocycles. The summed E-state index contributed by atoms with van der Waals surface area (Å²) in [4.78, 5) is 10.1. The summed E-state index contributed by atoms with van der Waals surface area (Å²) in [6.45, 7) is 4.04. The van der Waals surface area contributed by atoms with E-state index >= 15 is 0 Å². The fourth-order valence-electron chi connectivity index (χ4n) is 3.01. The fourth-order valence-corrected chi connectivity index (χ4v) is 3.81. The van der Waals surface area contributed by atoms with E-state index in [0.29, 0.717) is 23.3 Å². The van der Waals surface area contributed by atoms with Crippen molar-refractivity contribution in [3.8, 4) is 11.4 Å². The molecule has 0 bridgehead atoms. The molecule has 2 N–H and O–H groups in total. The number of nitrogens with zero attached hydrogens (tertiary/aromatic N) is 2. The molecule has 0 saturated heterocycles. The highest BCUT2D eigenvalue weighted by molar-refractivity contribution is 7.99. The highest BCUT2D eigenvalue weighted by Crippen LogP contribution is 2.37. The number of alkyl halides is 3. The number of nitrogen functional groups attached to an aromatic ring is 1. The summed E-state index contributed by atoms with van der Waals surface area (Å²) in [5, 5.41) is 0.509. The van der Waals surface area contributed by atoms with Crippen molar-refractivity contribution in [1.82, 2.24) is 9.97 Å². The molecule has 3 nitrogen and oxygen atoms in total.